The maximum Gasteiger partial charge on any atom is 0.268 e. The van der Waals surface area contributed by atoms with Crippen molar-refractivity contribution >= 4 is 45.0 Å². The number of rotatable bonds is 8. The van der Waals surface area contributed by atoms with E-state index in [9.17, 15) is 9.59 Å². The molecule has 0 spiro atoms. The largest absolute Gasteiger partial charge is 0.493 e. The van der Waals surface area contributed by atoms with Gasteiger partial charge in [0.2, 0.25) is 11.7 Å². The molecule has 0 saturated heterocycles. The lowest BCUT2D eigenvalue weighted by atomic mass is 10.1. The van der Waals surface area contributed by atoms with Crippen LogP contribution < -0.4 is 30.8 Å². The quantitative estimate of drug-likeness (QED) is 0.291. The maximum atomic E-state index is 13.7. The van der Waals surface area contributed by atoms with Crippen molar-refractivity contribution in [3.05, 3.63) is 81.3 Å². The average molecular weight is 549 g/mol. The number of hydrogen-bond donors (Lipinski definition) is 2. The van der Waals surface area contributed by atoms with Gasteiger partial charge >= 0.3 is 0 Å². The van der Waals surface area contributed by atoms with Gasteiger partial charge in [-0.3, -0.25) is 14.2 Å². The summed E-state index contributed by atoms with van der Waals surface area (Å²) in [7, 11) is 4.51. The third-order valence-corrected chi connectivity index (χ3v) is 6.63. The number of pyridine rings is 1. The highest BCUT2D eigenvalue weighted by atomic mass is 35.5. The fourth-order valence-electron chi connectivity index (χ4n) is 4.62. The van der Waals surface area contributed by atoms with Crippen molar-refractivity contribution in [1.82, 2.24) is 9.72 Å². The number of fused-ring (bicyclic) bond motifs is 3. The van der Waals surface area contributed by atoms with Crippen LogP contribution in [0.1, 0.15) is 11.3 Å². The van der Waals surface area contributed by atoms with Gasteiger partial charge in [-0.15, -0.1) is 0 Å². The minimum Gasteiger partial charge on any atom is -0.493 e. The summed E-state index contributed by atoms with van der Waals surface area (Å²) in [5.74, 6) is 1.25. The Labute approximate surface area is 227 Å². The van der Waals surface area contributed by atoms with Gasteiger partial charge in [0, 0.05) is 28.9 Å². The van der Waals surface area contributed by atoms with E-state index in [1.165, 1.54) is 25.9 Å². The number of aromatic nitrogens is 2. The highest BCUT2D eigenvalue weighted by Crippen LogP contribution is 2.40. The van der Waals surface area contributed by atoms with Crippen molar-refractivity contribution in [3.8, 4) is 22.9 Å². The summed E-state index contributed by atoms with van der Waals surface area (Å²) >= 11 is 6.53. The molecule has 5 aromatic rings. The normalized spacial score (nSPS) is 11.1. The molecule has 0 bridgehead atoms. The number of amides is 1. The SMILES string of the molecule is COc1cc(NC(=O)Cc2cccc(-n3c(=O)c4c(CN)onc4c4c(Cl)cccc43)c2)cc(OC)c1OC. The number of ether oxygens (including phenoxy) is 3. The van der Waals surface area contributed by atoms with Crippen molar-refractivity contribution in [2.24, 2.45) is 5.73 Å². The molecule has 2 aromatic heterocycles. The van der Waals surface area contributed by atoms with E-state index in [-0.39, 0.29) is 35.6 Å². The highest BCUT2D eigenvalue weighted by Gasteiger charge is 2.21. The predicted molar refractivity (Wildman–Crippen MR) is 148 cm³/mol. The first-order valence-electron chi connectivity index (χ1n) is 11.9. The Balaban J connectivity index is 1.52. The monoisotopic (exact) mass is 548 g/mol. The number of benzene rings is 3. The fraction of sp³-hybridized carbons (Fsp3) is 0.179. The van der Waals surface area contributed by atoms with Gasteiger partial charge in [-0.2, -0.15) is 0 Å². The molecule has 0 atom stereocenters. The van der Waals surface area contributed by atoms with Crippen LogP contribution in [0.2, 0.25) is 5.02 Å². The van der Waals surface area contributed by atoms with Crippen molar-refractivity contribution in [3.63, 3.8) is 0 Å². The van der Waals surface area contributed by atoms with Crippen LogP contribution in [0.3, 0.4) is 0 Å². The van der Waals surface area contributed by atoms with E-state index < -0.39 is 0 Å². The number of methoxy groups -OCH3 is 3. The van der Waals surface area contributed by atoms with Crippen molar-refractivity contribution in [2.75, 3.05) is 26.6 Å². The van der Waals surface area contributed by atoms with E-state index in [2.05, 4.69) is 10.5 Å². The maximum absolute atomic E-state index is 13.7. The van der Waals surface area contributed by atoms with Crippen molar-refractivity contribution < 1.29 is 23.5 Å². The molecule has 0 aliphatic carbocycles. The fourth-order valence-corrected chi connectivity index (χ4v) is 4.87. The number of nitrogens with zero attached hydrogens (tertiary/aromatic N) is 2. The summed E-state index contributed by atoms with van der Waals surface area (Å²) in [5, 5.41) is 8.19. The number of nitrogens with two attached hydrogens (primary N) is 1. The Morgan fingerprint density at radius 3 is 2.41 bits per heavy atom. The van der Waals surface area contributed by atoms with Crippen LogP contribution in [-0.4, -0.2) is 37.0 Å². The average Bonchev–Trinajstić information content (AvgIpc) is 3.37. The minimum absolute atomic E-state index is 0.00282. The van der Waals surface area contributed by atoms with E-state index >= 15 is 0 Å². The Morgan fingerprint density at radius 2 is 1.74 bits per heavy atom. The van der Waals surface area contributed by atoms with Crippen molar-refractivity contribution in [1.29, 1.82) is 0 Å². The van der Waals surface area contributed by atoms with Crippen LogP contribution in [0.25, 0.3) is 27.5 Å². The Bertz CT molecular complexity index is 1750. The lowest BCUT2D eigenvalue weighted by Crippen LogP contribution is -2.20. The second-order valence-electron chi connectivity index (χ2n) is 8.62. The molecule has 10 nitrogen and oxygen atoms in total. The predicted octanol–water partition coefficient (Wildman–Crippen LogP) is 4.45. The van der Waals surface area contributed by atoms with Gasteiger partial charge in [0.25, 0.3) is 5.56 Å². The first-order valence-corrected chi connectivity index (χ1v) is 12.3. The number of nitrogens with one attached hydrogen (secondary N) is 1. The molecule has 3 aromatic carbocycles. The molecule has 0 fully saturated rings. The molecule has 0 saturated carbocycles. The summed E-state index contributed by atoms with van der Waals surface area (Å²) in [6, 6.07) is 15.7. The Kier molecular flexibility index (Phi) is 7.14. The molecule has 1 amide bonds. The molecule has 3 N–H and O–H groups in total. The third-order valence-electron chi connectivity index (χ3n) is 6.32. The summed E-state index contributed by atoms with van der Waals surface area (Å²) in [5.41, 5.74) is 8.10. The number of halogens is 1. The van der Waals surface area contributed by atoms with Crippen LogP contribution in [0, 0.1) is 0 Å². The molecule has 0 unspecified atom stereocenters. The van der Waals surface area contributed by atoms with Crippen LogP contribution in [-0.2, 0) is 17.8 Å². The summed E-state index contributed by atoms with van der Waals surface area (Å²) in [4.78, 5) is 26.7. The van der Waals surface area contributed by atoms with Crippen LogP contribution in [0.15, 0.2) is 63.9 Å². The number of carbonyl (C=O) groups excluding carboxylic acids is 1. The van der Waals surface area contributed by atoms with Crippen molar-refractivity contribution in [2.45, 2.75) is 13.0 Å². The molecule has 0 radical (unpaired) electrons. The van der Waals surface area contributed by atoms with Gasteiger partial charge in [0.1, 0.15) is 10.9 Å². The van der Waals surface area contributed by atoms with E-state index in [1.54, 1.807) is 48.5 Å². The standard InChI is InChI=1S/C28H25ClN4O6/c1-36-20-12-16(13-21(37-2)27(20)38-3)31-23(34)11-15-6-4-7-17(10-15)33-19-9-5-8-18(29)24(19)26-25(28(33)35)22(14-30)39-32-26/h4-10,12-13H,11,14,30H2,1-3H3,(H,31,34). The zero-order valence-corrected chi connectivity index (χ0v) is 22.2. The van der Waals surface area contributed by atoms with E-state index in [0.717, 1.165) is 0 Å². The summed E-state index contributed by atoms with van der Waals surface area (Å²) in [6.45, 7) is 0.00282. The zero-order valence-electron chi connectivity index (χ0n) is 21.4. The Hall–Kier alpha value is -4.54. The topological polar surface area (TPSA) is 131 Å². The molecule has 200 valence electrons. The minimum atomic E-state index is -0.347. The van der Waals surface area contributed by atoms with Crippen LogP contribution in [0.4, 0.5) is 5.69 Å². The molecule has 0 aliphatic heterocycles. The number of carbonyl (C=O) groups is 1. The van der Waals surface area contributed by atoms with E-state index in [1.807, 2.05) is 6.07 Å². The van der Waals surface area contributed by atoms with Gasteiger partial charge in [0.05, 0.1) is 44.8 Å². The zero-order chi connectivity index (χ0) is 27.7. The van der Waals surface area contributed by atoms with Crippen LogP contribution in [0.5, 0.6) is 17.2 Å². The lowest BCUT2D eigenvalue weighted by Gasteiger charge is -2.15. The molecule has 39 heavy (non-hydrogen) atoms. The number of hydrogen-bond acceptors (Lipinski definition) is 8. The first kappa shape index (κ1) is 26.1. The molecular formula is C28H25ClN4O6. The van der Waals surface area contributed by atoms with Gasteiger partial charge < -0.3 is 29.8 Å². The molecule has 2 heterocycles. The first-order chi connectivity index (χ1) is 18.9. The van der Waals surface area contributed by atoms with Gasteiger partial charge in [0.15, 0.2) is 17.3 Å². The highest BCUT2D eigenvalue weighted by molar-refractivity contribution is 6.37. The third kappa shape index (κ3) is 4.64. The second kappa shape index (κ2) is 10.7. The molecular weight excluding hydrogens is 524 g/mol. The summed E-state index contributed by atoms with van der Waals surface area (Å²) in [6.07, 6.45) is 0.0432. The van der Waals surface area contributed by atoms with Gasteiger partial charge in [-0.05, 0) is 29.8 Å². The molecule has 0 aliphatic rings. The summed E-state index contributed by atoms with van der Waals surface area (Å²) < 4.78 is 22.9. The van der Waals surface area contributed by atoms with Gasteiger partial charge in [-0.25, -0.2) is 0 Å². The van der Waals surface area contributed by atoms with E-state index in [0.29, 0.717) is 55.6 Å². The van der Waals surface area contributed by atoms with Gasteiger partial charge in [-0.1, -0.05) is 35.0 Å². The van der Waals surface area contributed by atoms with E-state index in [4.69, 9.17) is 36.1 Å². The molecule has 11 heteroatoms. The number of anilines is 1. The smallest absolute Gasteiger partial charge is 0.268 e. The Morgan fingerprint density at radius 1 is 1.03 bits per heavy atom. The van der Waals surface area contributed by atoms with Crippen LogP contribution >= 0.6 is 11.6 Å². The second-order valence-corrected chi connectivity index (χ2v) is 9.02. The molecule has 5 rings (SSSR count). The lowest BCUT2D eigenvalue weighted by molar-refractivity contribution is -0.115.